The molecule has 1 amide bonds. The second kappa shape index (κ2) is 6.24. The zero-order chi connectivity index (χ0) is 18.3. The SMILES string of the molecule is Cc1cc(C)c2c(c1)C(=O)CC1(CCN(C(=O)c3ccncc3)CC1)O2. The number of aryl methyl sites for hydroxylation is 2. The summed E-state index contributed by atoms with van der Waals surface area (Å²) in [5, 5.41) is 0. The summed E-state index contributed by atoms with van der Waals surface area (Å²) in [6, 6.07) is 7.43. The number of hydrogen-bond donors (Lipinski definition) is 0. The smallest absolute Gasteiger partial charge is 0.253 e. The fourth-order valence-electron chi connectivity index (χ4n) is 4.01. The van der Waals surface area contributed by atoms with E-state index < -0.39 is 5.60 Å². The fourth-order valence-corrected chi connectivity index (χ4v) is 4.01. The highest BCUT2D eigenvalue weighted by molar-refractivity contribution is 6.01. The number of hydrogen-bond acceptors (Lipinski definition) is 4. The van der Waals surface area contributed by atoms with Gasteiger partial charge in [-0.25, -0.2) is 0 Å². The lowest BCUT2D eigenvalue weighted by Crippen LogP contribution is -2.52. The zero-order valence-electron chi connectivity index (χ0n) is 15.1. The molecule has 26 heavy (non-hydrogen) atoms. The maximum atomic E-state index is 12.7. The molecular formula is C21H22N2O3. The van der Waals surface area contributed by atoms with Crippen LogP contribution in [-0.4, -0.2) is 40.3 Å². The van der Waals surface area contributed by atoms with Crippen molar-refractivity contribution in [3.8, 4) is 5.75 Å². The molecule has 5 heteroatoms. The molecule has 134 valence electrons. The van der Waals surface area contributed by atoms with Gasteiger partial charge in [-0.1, -0.05) is 6.07 Å². The average Bonchev–Trinajstić information content (AvgIpc) is 2.64. The largest absolute Gasteiger partial charge is 0.486 e. The summed E-state index contributed by atoms with van der Waals surface area (Å²) in [6.45, 7) is 5.16. The van der Waals surface area contributed by atoms with E-state index in [1.807, 2.05) is 30.9 Å². The first-order chi connectivity index (χ1) is 12.5. The van der Waals surface area contributed by atoms with Gasteiger partial charge < -0.3 is 9.64 Å². The van der Waals surface area contributed by atoms with E-state index in [9.17, 15) is 9.59 Å². The number of amides is 1. The van der Waals surface area contributed by atoms with Gasteiger partial charge in [0.05, 0.1) is 12.0 Å². The Hall–Kier alpha value is -2.69. The van der Waals surface area contributed by atoms with Gasteiger partial charge in [0.15, 0.2) is 5.78 Å². The Morgan fingerprint density at radius 3 is 2.54 bits per heavy atom. The van der Waals surface area contributed by atoms with Crippen molar-refractivity contribution in [2.75, 3.05) is 13.1 Å². The van der Waals surface area contributed by atoms with E-state index in [-0.39, 0.29) is 11.7 Å². The summed E-state index contributed by atoms with van der Waals surface area (Å²) < 4.78 is 6.38. The number of fused-ring (bicyclic) bond motifs is 1. The first-order valence-corrected chi connectivity index (χ1v) is 9.00. The highest BCUT2D eigenvalue weighted by atomic mass is 16.5. The molecule has 0 N–H and O–H groups in total. The number of carbonyl (C=O) groups excluding carboxylic acids is 2. The van der Waals surface area contributed by atoms with Crippen LogP contribution in [-0.2, 0) is 0 Å². The predicted molar refractivity (Wildman–Crippen MR) is 97.6 cm³/mol. The Balaban J connectivity index is 1.52. The number of nitrogens with zero attached hydrogens (tertiary/aromatic N) is 2. The number of Topliss-reactive ketones (excluding diaryl/α,β-unsaturated/α-hetero) is 1. The van der Waals surface area contributed by atoms with Crippen molar-refractivity contribution in [2.45, 2.75) is 38.7 Å². The number of rotatable bonds is 1. The number of likely N-dealkylation sites (tertiary alicyclic amines) is 1. The third-order valence-electron chi connectivity index (χ3n) is 5.41. The third kappa shape index (κ3) is 2.87. The summed E-state index contributed by atoms with van der Waals surface area (Å²) in [5.74, 6) is 0.879. The maximum Gasteiger partial charge on any atom is 0.253 e. The molecule has 3 heterocycles. The van der Waals surface area contributed by atoms with Crippen LogP contribution in [0.2, 0.25) is 0 Å². The number of aromatic nitrogens is 1. The van der Waals surface area contributed by atoms with Gasteiger partial charge in [0.25, 0.3) is 5.91 Å². The molecule has 5 nitrogen and oxygen atoms in total. The highest BCUT2D eigenvalue weighted by Gasteiger charge is 2.44. The number of ether oxygens (including phenoxy) is 1. The van der Waals surface area contributed by atoms with Crippen LogP contribution in [0.3, 0.4) is 0 Å². The van der Waals surface area contributed by atoms with Crippen LogP contribution < -0.4 is 4.74 Å². The van der Waals surface area contributed by atoms with Gasteiger partial charge in [-0.3, -0.25) is 14.6 Å². The molecule has 0 atom stereocenters. The van der Waals surface area contributed by atoms with Gasteiger partial charge in [-0.15, -0.1) is 0 Å². The van der Waals surface area contributed by atoms with E-state index in [0.29, 0.717) is 43.5 Å². The van der Waals surface area contributed by atoms with Gasteiger partial charge in [0.1, 0.15) is 11.4 Å². The van der Waals surface area contributed by atoms with Gasteiger partial charge in [-0.05, 0) is 43.2 Å². The molecule has 1 fully saturated rings. The first-order valence-electron chi connectivity index (χ1n) is 9.00. The van der Waals surface area contributed by atoms with Crippen molar-refractivity contribution in [3.63, 3.8) is 0 Å². The van der Waals surface area contributed by atoms with E-state index in [1.54, 1.807) is 24.5 Å². The molecule has 2 aromatic rings. The Bertz CT molecular complexity index is 868. The van der Waals surface area contributed by atoms with E-state index in [2.05, 4.69) is 4.98 Å². The van der Waals surface area contributed by atoms with Crippen LogP contribution in [0.25, 0.3) is 0 Å². The summed E-state index contributed by atoms with van der Waals surface area (Å²) >= 11 is 0. The Morgan fingerprint density at radius 2 is 1.85 bits per heavy atom. The molecule has 1 aromatic carbocycles. The fraction of sp³-hybridized carbons (Fsp3) is 0.381. The normalized spacial score (nSPS) is 18.4. The minimum Gasteiger partial charge on any atom is -0.486 e. The van der Waals surface area contributed by atoms with Crippen molar-refractivity contribution in [2.24, 2.45) is 0 Å². The van der Waals surface area contributed by atoms with Gasteiger partial charge in [0.2, 0.25) is 0 Å². The van der Waals surface area contributed by atoms with Gasteiger partial charge in [-0.2, -0.15) is 0 Å². The van der Waals surface area contributed by atoms with Gasteiger partial charge in [0, 0.05) is 43.9 Å². The molecule has 1 saturated heterocycles. The van der Waals surface area contributed by atoms with Crippen LogP contribution >= 0.6 is 0 Å². The average molecular weight is 350 g/mol. The van der Waals surface area contributed by atoms with Crippen molar-refractivity contribution in [1.82, 2.24) is 9.88 Å². The summed E-state index contributed by atoms with van der Waals surface area (Å²) in [7, 11) is 0. The van der Waals surface area contributed by atoms with Crippen LogP contribution in [0.15, 0.2) is 36.7 Å². The molecule has 2 aliphatic rings. The van der Waals surface area contributed by atoms with Crippen LogP contribution in [0.4, 0.5) is 0 Å². The van der Waals surface area contributed by atoms with Crippen LogP contribution in [0.5, 0.6) is 5.75 Å². The lowest BCUT2D eigenvalue weighted by atomic mass is 9.81. The summed E-state index contributed by atoms with van der Waals surface area (Å²) in [5.41, 5.74) is 2.94. The molecule has 0 unspecified atom stereocenters. The zero-order valence-corrected chi connectivity index (χ0v) is 15.1. The predicted octanol–water partition coefficient (Wildman–Crippen LogP) is 3.34. The van der Waals surface area contributed by atoms with E-state index in [4.69, 9.17) is 4.74 Å². The highest BCUT2D eigenvalue weighted by Crippen LogP contribution is 2.41. The van der Waals surface area contributed by atoms with Crippen molar-refractivity contribution < 1.29 is 14.3 Å². The van der Waals surface area contributed by atoms with Crippen LogP contribution in [0, 0.1) is 13.8 Å². The van der Waals surface area contributed by atoms with Gasteiger partial charge >= 0.3 is 0 Å². The monoisotopic (exact) mass is 350 g/mol. The number of ketones is 1. The van der Waals surface area contributed by atoms with Crippen molar-refractivity contribution in [3.05, 3.63) is 58.9 Å². The number of pyridine rings is 1. The Labute approximate surface area is 153 Å². The minimum atomic E-state index is -0.487. The molecule has 0 aliphatic carbocycles. The van der Waals surface area contributed by atoms with E-state index in [0.717, 1.165) is 16.9 Å². The first kappa shape index (κ1) is 16.8. The van der Waals surface area contributed by atoms with Crippen LogP contribution in [0.1, 0.15) is 51.1 Å². The second-order valence-corrected chi connectivity index (χ2v) is 7.37. The van der Waals surface area contributed by atoms with E-state index in [1.165, 1.54) is 0 Å². The second-order valence-electron chi connectivity index (χ2n) is 7.37. The number of carbonyl (C=O) groups is 2. The quantitative estimate of drug-likeness (QED) is 0.791. The Kier molecular flexibility index (Phi) is 4.02. The molecule has 2 aliphatic heterocycles. The lowest BCUT2D eigenvalue weighted by molar-refractivity contribution is -0.00619. The summed E-state index contributed by atoms with van der Waals surface area (Å²) in [6.07, 6.45) is 4.98. The minimum absolute atomic E-state index is 0.0107. The number of benzene rings is 1. The molecule has 0 radical (unpaired) electrons. The summed E-state index contributed by atoms with van der Waals surface area (Å²) in [4.78, 5) is 31.1. The lowest BCUT2D eigenvalue weighted by Gasteiger charge is -2.44. The van der Waals surface area contributed by atoms with Crippen molar-refractivity contribution >= 4 is 11.7 Å². The van der Waals surface area contributed by atoms with E-state index >= 15 is 0 Å². The third-order valence-corrected chi connectivity index (χ3v) is 5.41. The molecular weight excluding hydrogens is 328 g/mol. The standard InChI is InChI=1S/C21H22N2O3/c1-14-11-15(2)19-17(12-14)18(24)13-21(26-19)5-9-23(10-6-21)20(25)16-3-7-22-8-4-16/h3-4,7-8,11-12H,5-6,9-10,13H2,1-2H3. The molecule has 1 aromatic heterocycles. The maximum absolute atomic E-state index is 12.7. The molecule has 4 rings (SSSR count). The van der Waals surface area contributed by atoms with Crippen molar-refractivity contribution in [1.29, 1.82) is 0 Å². The topological polar surface area (TPSA) is 59.5 Å². The number of piperidine rings is 1. The Morgan fingerprint density at radius 1 is 1.15 bits per heavy atom. The molecule has 0 saturated carbocycles. The molecule has 0 bridgehead atoms. The molecule has 1 spiro atoms.